The van der Waals surface area contributed by atoms with E-state index in [1.807, 2.05) is 0 Å². The van der Waals surface area contributed by atoms with Crippen molar-refractivity contribution >= 4 is 5.97 Å². The molecular weight excluding hydrogens is 208 g/mol. The van der Waals surface area contributed by atoms with Crippen molar-refractivity contribution in [1.29, 1.82) is 0 Å². The van der Waals surface area contributed by atoms with Gasteiger partial charge in [0.2, 0.25) is 0 Å². The van der Waals surface area contributed by atoms with Crippen LogP contribution in [0.5, 0.6) is 5.75 Å². The van der Waals surface area contributed by atoms with Crippen LogP contribution < -0.4 is 4.74 Å². The SMILES string of the molecule is O=C(O)c1ccc2c(c1)C1(CCO2)COC1. The van der Waals surface area contributed by atoms with E-state index in [9.17, 15) is 4.79 Å². The zero-order valence-electron chi connectivity index (χ0n) is 8.73. The molecule has 1 fully saturated rings. The number of hydrogen-bond acceptors (Lipinski definition) is 3. The molecule has 1 aromatic carbocycles. The van der Waals surface area contributed by atoms with Crippen LogP contribution in [0.3, 0.4) is 0 Å². The van der Waals surface area contributed by atoms with Gasteiger partial charge in [-0.1, -0.05) is 0 Å². The van der Waals surface area contributed by atoms with Crippen LogP contribution >= 0.6 is 0 Å². The fourth-order valence-electron chi connectivity index (χ4n) is 2.34. The Morgan fingerprint density at radius 1 is 1.38 bits per heavy atom. The van der Waals surface area contributed by atoms with Crippen molar-refractivity contribution < 1.29 is 19.4 Å². The van der Waals surface area contributed by atoms with Crippen LogP contribution in [-0.2, 0) is 10.2 Å². The van der Waals surface area contributed by atoms with Crippen LogP contribution in [0.1, 0.15) is 22.3 Å². The van der Waals surface area contributed by atoms with Crippen molar-refractivity contribution in [3.8, 4) is 5.75 Å². The molecule has 3 rings (SSSR count). The van der Waals surface area contributed by atoms with Crippen LogP contribution in [-0.4, -0.2) is 30.9 Å². The van der Waals surface area contributed by atoms with Crippen molar-refractivity contribution in [1.82, 2.24) is 0 Å². The number of benzene rings is 1. The molecule has 1 saturated heterocycles. The smallest absolute Gasteiger partial charge is 0.335 e. The molecule has 0 saturated carbocycles. The Kier molecular flexibility index (Phi) is 1.94. The van der Waals surface area contributed by atoms with E-state index < -0.39 is 5.97 Å². The number of carboxylic acid groups (broad SMARTS) is 1. The van der Waals surface area contributed by atoms with Crippen molar-refractivity contribution in [2.45, 2.75) is 11.8 Å². The van der Waals surface area contributed by atoms with E-state index in [0.717, 1.165) is 17.7 Å². The molecule has 16 heavy (non-hydrogen) atoms. The summed E-state index contributed by atoms with van der Waals surface area (Å²) in [5.74, 6) is -0.0942. The van der Waals surface area contributed by atoms with E-state index in [2.05, 4.69) is 0 Å². The van der Waals surface area contributed by atoms with Gasteiger partial charge in [0.05, 0.1) is 25.4 Å². The van der Waals surface area contributed by atoms with Crippen molar-refractivity contribution in [2.75, 3.05) is 19.8 Å². The Hall–Kier alpha value is -1.55. The molecule has 1 aromatic rings. The minimum absolute atomic E-state index is 0.000949. The first-order valence-electron chi connectivity index (χ1n) is 5.30. The Morgan fingerprint density at radius 2 is 2.19 bits per heavy atom. The summed E-state index contributed by atoms with van der Waals surface area (Å²) in [6.45, 7) is 2.03. The minimum Gasteiger partial charge on any atom is -0.493 e. The van der Waals surface area contributed by atoms with Gasteiger partial charge < -0.3 is 14.6 Å². The fraction of sp³-hybridized carbons (Fsp3) is 0.417. The average molecular weight is 220 g/mol. The van der Waals surface area contributed by atoms with E-state index >= 15 is 0 Å². The summed E-state index contributed by atoms with van der Waals surface area (Å²) in [7, 11) is 0. The Labute approximate surface area is 92.8 Å². The first-order chi connectivity index (χ1) is 7.71. The molecule has 2 heterocycles. The highest BCUT2D eigenvalue weighted by Crippen LogP contribution is 2.44. The van der Waals surface area contributed by atoms with E-state index in [-0.39, 0.29) is 5.41 Å². The van der Waals surface area contributed by atoms with Gasteiger partial charge in [-0.25, -0.2) is 4.79 Å². The second-order valence-corrected chi connectivity index (χ2v) is 4.39. The third-order valence-corrected chi connectivity index (χ3v) is 3.39. The lowest BCUT2D eigenvalue weighted by Gasteiger charge is -2.45. The minimum atomic E-state index is -0.899. The third-order valence-electron chi connectivity index (χ3n) is 3.39. The summed E-state index contributed by atoms with van der Waals surface area (Å²) in [6.07, 6.45) is 0.906. The van der Waals surface area contributed by atoms with Crippen LogP contribution in [0.25, 0.3) is 0 Å². The Bertz CT molecular complexity index is 448. The Morgan fingerprint density at radius 3 is 2.81 bits per heavy atom. The van der Waals surface area contributed by atoms with E-state index in [1.54, 1.807) is 18.2 Å². The van der Waals surface area contributed by atoms with Gasteiger partial charge in [0.15, 0.2) is 0 Å². The van der Waals surface area contributed by atoms with E-state index in [4.69, 9.17) is 14.6 Å². The molecule has 0 unspecified atom stereocenters. The van der Waals surface area contributed by atoms with E-state index in [0.29, 0.717) is 25.4 Å². The molecule has 0 radical (unpaired) electrons. The van der Waals surface area contributed by atoms with Gasteiger partial charge in [0.25, 0.3) is 0 Å². The molecule has 2 aliphatic rings. The highest BCUT2D eigenvalue weighted by molar-refractivity contribution is 5.88. The number of hydrogen-bond donors (Lipinski definition) is 1. The van der Waals surface area contributed by atoms with Crippen molar-refractivity contribution in [2.24, 2.45) is 0 Å². The standard InChI is InChI=1S/C12H12O4/c13-11(14)8-1-2-10-9(5-8)12(3-4-16-10)6-15-7-12/h1-2,5H,3-4,6-7H2,(H,13,14). The van der Waals surface area contributed by atoms with Crippen molar-refractivity contribution in [3.05, 3.63) is 29.3 Å². The maximum atomic E-state index is 10.9. The van der Waals surface area contributed by atoms with Gasteiger partial charge in [0, 0.05) is 11.0 Å². The van der Waals surface area contributed by atoms with Crippen LogP contribution in [0, 0.1) is 0 Å². The highest BCUT2D eigenvalue weighted by Gasteiger charge is 2.44. The molecule has 0 aromatic heterocycles. The summed E-state index contributed by atoms with van der Waals surface area (Å²) >= 11 is 0. The second kappa shape index (κ2) is 3.22. The van der Waals surface area contributed by atoms with Gasteiger partial charge in [-0.05, 0) is 24.6 Å². The lowest BCUT2D eigenvalue weighted by molar-refractivity contribution is -0.0767. The summed E-state index contributed by atoms with van der Waals surface area (Å²) < 4.78 is 10.8. The topological polar surface area (TPSA) is 55.8 Å². The number of rotatable bonds is 1. The first kappa shape index (κ1) is 9.66. The number of aromatic carboxylic acids is 1. The molecule has 84 valence electrons. The van der Waals surface area contributed by atoms with Crippen molar-refractivity contribution in [3.63, 3.8) is 0 Å². The normalized spacial score (nSPS) is 20.8. The lowest BCUT2D eigenvalue weighted by Crippen LogP contribution is -2.49. The molecule has 0 bridgehead atoms. The number of ether oxygens (including phenoxy) is 2. The van der Waals surface area contributed by atoms with Gasteiger partial charge in [-0.15, -0.1) is 0 Å². The quantitative estimate of drug-likeness (QED) is 0.778. The van der Waals surface area contributed by atoms with Crippen LogP contribution in [0.15, 0.2) is 18.2 Å². The predicted molar refractivity (Wildman–Crippen MR) is 56.0 cm³/mol. The molecule has 4 nitrogen and oxygen atoms in total. The monoisotopic (exact) mass is 220 g/mol. The zero-order valence-corrected chi connectivity index (χ0v) is 8.73. The van der Waals surface area contributed by atoms with Gasteiger partial charge in [-0.3, -0.25) is 0 Å². The van der Waals surface area contributed by atoms with Gasteiger partial charge in [-0.2, -0.15) is 0 Å². The largest absolute Gasteiger partial charge is 0.493 e. The fourth-order valence-corrected chi connectivity index (χ4v) is 2.34. The molecule has 4 heteroatoms. The van der Waals surface area contributed by atoms with Gasteiger partial charge >= 0.3 is 5.97 Å². The van der Waals surface area contributed by atoms with Gasteiger partial charge in [0.1, 0.15) is 5.75 Å². The zero-order chi connectivity index (χ0) is 11.2. The summed E-state index contributed by atoms with van der Waals surface area (Å²) in [5, 5.41) is 8.98. The lowest BCUT2D eigenvalue weighted by atomic mass is 9.74. The Balaban J connectivity index is 2.10. The summed E-state index contributed by atoms with van der Waals surface area (Å²) in [5.41, 5.74) is 1.31. The highest BCUT2D eigenvalue weighted by atomic mass is 16.5. The predicted octanol–water partition coefficient (Wildman–Crippen LogP) is 1.44. The third kappa shape index (κ3) is 1.23. The second-order valence-electron chi connectivity index (χ2n) is 4.39. The molecule has 0 amide bonds. The first-order valence-corrected chi connectivity index (χ1v) is 5.30. The average Bonchev–Trinajstić information content (AvgIpc) is 2.25. The number of carboxylic acids is 1. The van der Waals surface area contributed by atoms with E-state index in [1.165, 1.54) is 0 Å². The number of fused-ring (bicyclic) bond motifs is 2. The van der Waals surface area contributed by atoms with Crippen LogP contribution in [0.2, 0.25) is 0 Å². The molecule has 1 spiro atoms. The van der Waals surface area contributed by atoms with Crippen LogP contribution in [0.4, 0.5) is 0 Å². The number of carbonyl (C=O) groups is 1. The molecule has 0 aliphatic carbocycles. The molecule has 2 aliphatic heterocycles. The molecule has 1 N–H and O–H groups in total. The summed E-state index contributed by atoms with van der Waals surface area (Å²) in [4.78, 5) is 10.9. The summed E-state index contributed by atoms with van der Waals surface area (Å²) in [6, 6.07) is 5.05. The molecular formula is C12H12O4. The maximum absolute atomic E-state index is 10.9. The molecule has 0 atom stereocenters. The maximum Gasteiger partial charge on any atom is 0.335 e.